The predicted octanol–water partition coefficient (Wildman–Crippen LogP) is 4.51. The molecule has 106 valence electrons. The summed E-state index contributed by atoms with van der Waals surface area (Å²) in [6.07, 6.45) is 0.484. The van der Waals surface area contributed by atoms with Crippen molar-refractivity contribution in [3.05, 3.63) is 70.2 Å². The molecular weight excluding hydrogens is 282 g/mol. The van der Waals surface area contributed by atoms with Gasteiger partial charge in [0.25, 0.3) is 0 Å². The average molecular weight is 298 g/mol. The number of halogens is 1. The first kappa shape index (κ1) is 14.0. The molecule has 3 heteroatoms. The van der Waals surface area contributed by atoms with Gasteiger partial charge in [-0.25, -0.2) is 0 Å². The zero-order valence-electron chi connectivity index (χ0n) is 11.8. The molecule has 2 aromatic rings. The van der Waals surface area contributed by atoms with Crippen molar-refractivity contribution < 1.29 is 4.79 Å². The largest absolute Gasteiger partial charge is 0.309 e. The van der Waals surface area contributed by atoms with Crippen molar-refractivity contribution in [1.29, 1.82) is 5.41 Å². The Kier molecular flexibility index (Phi) is 3.64. The highest BCUT2D eigenvalue weighted by molar-refractivity contribution is 6.33. The lowest BCUT2D eigenvalue weighted by molar-refractivity contribution is -0.119. The van der Waals surface area contributed by atoms with Crippen LogP contribution in [0.3, 0.4) is 0 Å². The summed E-state index contributed by atoms with van der Waals surface area (Å²) in [5.74, 6) is -0.637. The Labute approximate surface area is 129 Å². The standard InChI is InChI=1S/C18H16ClNO/c1-11-6-5-9-13(17(11)19)16-15(20)10-14(18(16)21)12-7-3-2-4-8-12/h2-9,14,16,20H,10H2,1H3. The van der Waals surface area contributed by atoms with Crippen LogP contribution < -0.4 is 0 Å². The molecule has 1 fully saturated rings. The van der Waals surface area contributed by atoms with E-state index in [1.54, 1.807) is 0 Å². The van der Waals surface area contributed by atoms with E-state index in [4.69, 9.17) is 17.0 Å². The topological polar surface area (TPSA) is 40.9 Å². The van der Waals surface area contributed by atoms with Crippen LogP contribution in [0.5, 0.6) is 0 Å². The lowest BCUT2D eigenvalue weighted by atomic mass is 9.90. The minimum Gasteiger partial charge on any atom is -0.309 e. The minimum atomic E-state index is -0.498. The van der Waals surface area contributed by atoms with Gasteiger partial charge in [0.05, 0.1) is 5.92 Å². The third-order valence-electron chi connectivity index (χ3n) is 4.14. The molecule has 0 aliphatic heterocycles. The average Bonchev–Trinajstić information content (AvgIpc) is 2.78. The molecule has 2 atom stereocenters. The summed E-state index contributed by atoms with van der Waals surface area (Å²) in [5.41, 5.74) is 3.16. The van der Waals surface area contributed by atoms with Crippen molar-refractivity contribution in [3.8, 4) is 0 Å². The summed E-state index contributed by atoms with van der Waals surface area (Å²) in [6, 6.07) is 15.4. The van der Waals surface area contributed by atoms with Gasteiger partial charge in [-0.1, -0.05) is 60.1 Å². The highest BCUT2D eigenvalue weighted by Crippen LogP contribution is 2.41. The maximum Gasteiger partial charge on any atom is 0.153 e. The van der Waals surface area contributed by atoms with Crippen LogP contribution in [0.1, 0.15) is 34.9 Å². The Morgan fingerprint density at radius 1 is 1.10 bits per heavy atom. The smallest absolute Gasteiger partial charge is 0.153 e. The zero-order valence-corrected chi connectivity index (χ0v) is 12.5. The molecule has 0 saturated heterocycles. The molecule has 0 aromatic heterocycles. The van der Waals surface area contributed by atoms with E-state index in [9.17, 15) is 4.79 Å². The number of nitrogens with one attached hydrogen (secondary N) is 1. The van der Waals surface area contributed by atoms with Gasteiger partial charge in [0.1, 0.15) is 0 Å². The van der Waals surface area contributed by atoms with E-state index in [2.05, 4.69) is 0 Å². The number of carbonyl (C=O) groups is 1. The summed E-state index contributed by atoms with van der Waals surface area (Å²) in [6.45, 7) is 1.92. The number of hydrogen-bond acceptors (Lipinski definition) is 2. The van der Waals surface area contributed by atoms with Gasteiger partial charge < -0.3 is 5.41 Å². The van der Waals surface area contributed by atoms with Crippen LogP contribution in [0.25, 0.3) is 0 Å². The Balaban J connectivity index is 2.00. The Morgan fingerprint density at radius 2 is 1.81 bits per heavy atom. The SMILES string of the molecule is Cc1cccc(C2C(=N)CC(c3ccccc3)C2=O)c1Cl. The van der Waals surface area contributed by atoms with Gasteiger partial charge in [-0.15, -0.1) is 0 Å². The van der Waals surface area contributed by atoms with E-state index in [0.29, 0.717) is 17.2 Å². The molecule has 21 heavy (non-hydrogen) atoms. The Hall–Kier alpha value is -1.93. The first-order valence-corrected chi connectivity index (χ1v) is 7.38. The van der Waals surface area contributed by atoms with Crippen molar-refractivity contribution in [2.24, 2.45) is 0 Å². The second kappa shape index (κ2) is 5.45. The quantitative estimate of drug-likeness (QED) is 0.870. The number of carbonyl (C=O) groups excluding carboxylic acids is 1. The Bertz CT molecular complexity index is 708. The van der Waals surface area contributed by atoms with Gasteiger partial charge in [-0.05, 0) is 30.0 Å². The van der Waals surface area contributed by atoms with Gasteiger partial charge in [0.2, 0.25) is 0 Å². The number of aryl methyl sites for hydroxylation is 1. The maximum atomic E-state index is 12.8. The van der Waals surface area contributed by atoms with Crippen LogP contribution in [0, 0.1) is 12.3 Å². The van der Waals surface area contributed by atoms with Gasteiger partial charge in [-0.3, -0.25) is 4.79 Å². The molecule has 1 saturated carbocycles. The van der Waals surface area contributed by atoms with Gasteiger partial charge >= 0.3 is 0 Å². The van der Waals surface area contributed by atoms with Crippen molar-refractivity contribution in [1.82, 2.24) is 0 Å². The number of rotatable bonds is 2. The summed E-state index contributed by atoms with van der Waals surface area (Å²) in [5, 5.41) is 8.85. The normalized spacial score (nSPS) is 21.8. The van der Waals surface area contributed by atoms with Crippen molar-refractivity contribution in [2.75, 3.05) is 0 Å². The highest BCUT2D eigenvalue weighted by atomic mass is 35.5. The summed E-state index contributed by atoms with van der Waals surface area (Å²) in [7, 11) is 0. The third kappa shape index (κ3) is 2.40. The fourth-order valence-electron chi connectivity index (χ4n) is 3.01. The van der Waals surface area contributed by atoms with Crippen LogP contribution in [0.15, 0.2) is 48.5 Å². The second-order valence-corrected chi connectivity index (χ2v) is 5.88. The summed E-state index contributed by atoms with van der Waals surface area (Å²) in [4.78, 5) is 12.8. The fourth-order valence-corrected chi connectivity index (χ4v) is 3.25. The summed E-state index contributed by atoms with van der Waals surface area (Å²) < 4.78 is 0. The first-order valence-electron chi connectivity index (χ1n) is 7.00. The number of ketones is 1. The molecule has 2 unspecified atom stereocenters. The van der Waals surface area contributed by atoms with Gasteiger partial charge in [-0.2, -0.15) is 0 Å². The molecule has 2 aromatic carbocycles. The van der Waals surface area contributed by atoms with Crippen LogP contribution in [-0.4, -0.2) is 11.5 Å². The lowest BCUT2D eigenvalue weighted by Gasteiger charge is -2.14. The molecule has 0 radical (unpaired) electrons. The van der Waals surface area contributed by atoms with E-state index in [1.807, 2.05) is 55.5 Å². The van der Waals surface area contributed by atoms with E-state index in [1.165, 1.54) is 0 Å². The molecule has 0 heterocycles. The van der Waals surface area contributed by atoms with Crippen LogP contribution in [0.2, 0.25) is 5.02 Å². The molecule has 1 aliphatic rings. The number of benzene rings is 2. The van der Waals surface area contributed by atoms with Crippen LogP contribution >= 0.6 is 11.6 Å². The van der Waals surface area contributed by atoms with E-state index >= 15 is 0 Å². The molecule has 3 rings (SSSR count). The first-order chi connectivity index (χ1) is 10.1. The predicted molar refractivity (Wildman–Crippen MR) is 85.5 cm³/mol. The second-order valence-electron chi connectivity index (χ2n) is 5.51. The molecule has 1 aliphatic carbocycles. The lowest BCUT2D eigenvalue weighted by Crippen LogP contribution is -2.15. The van der Waals surface area contributed by atoms with E-state index < -0.39 is 5.92 Å². The number of hydrogen-bond donors (Lipinski definition) is 1. The van der Waals surface area contributed by atoms with Crippen LogP contribution in [0.4, 0.5) is 0 Å². The molecular formula is C18H16ClNO. The highest BCUT2D eigenvalue weighted by Gasteiger charge is 2.41. The van der Waals surface area contributed by atoms with E-state index in [0.717, 1.165) is 16.7 Å². The molecule has 1 N–H and O–H groups in total. The van der Waals surface area contributed by atoms with Gasteiger partial charge in [0.15, 0.2) is 5.78 Å². The molecule has 0 amide bonds. The number of Topliss-reactive ketones (excluding diaryl/α,β-unsaturated/α-hetero) is 1. The molecule has 2 nitrogen and oxygen atoms in total. The maximum absolute atomic E-state index is 12.8. The Morgan fingerprint density at radius 3 is 2.52 bits per heavy atom. The summed E-state index contributed by atoms with van der Waals surface area (Å²) >= 11 is 6.35. The molecule has 0 bridgehead atoms. The van der Waals surface area contributed by atoms with E-state index in [-0.39, 0.29) is 11.7 Å². The molecule has 0 spiro atoms. The van der Waals surface area contributed by atoms with Crippen molar-refractivity contribution in [3.63, 3.8) is 0 Å². The third-order valence-corrected chi connectivity index (χ3v) is 4.65. The van der Waals surface area contributed by atoms with Crippen molar-refractivity contribution in [2.45, 2.75) is 25.2 Å². The van der Waals surface area contributed by atoms with Gasteiger partial charge in [0, 0.05) is 16.7 Å². The minimum absolute atomic E-state index is 0.0821. The zero-order chi connectivity index (χ0) is 15.0. The monoisotopic (exact) mass is 297 g/mol. The van der Waals surface area contributed by atoms with Crippen molar-refractivity contribution >= 4 is 23.1 Å². The fraction of sp³-hybridized carbons (Fsp3) is 0.222. The van der Waals surface area contributed by atoms with Crippen LogP contribution in [-0.2, 0) is 4.79 Å².